The van der Waals surface area contributed by atoms with E-state index >= 15 is 0 Å². The fourth-order valence-corrected chi connectivity index (χ4v) is 6.16. The lowest BCUT2D eigenvalue weighted by Gasteiger charge is -2.38. The van der Waals surface area contributed by atoms with Crippen LogP contribution in [0.25, 0.3) is 0 Å². The van der Waals surface area contributed by atoms with Crippen LogP contribution in [0, 0.1) is 0 Å². The van der Waals surface area contributed by atoms with Crippen LogP contribution in [0.3, 0.4) is 0 Å². The zero-order valence-corrected chi connectivity index (χ0v) is 25.7. The third-order valence-electron chi connectivity index (χ3n) is 8.40. The van der Waals surface area contributed by atoms with Gasteiger partial charge in [0.1, 0.15) is 0 Å². The third-order valence-corrected chi connectivity index (χ3v) is 8.40. The molecule has 0 saturated heterocycles. The first kappa shape index (κ1) is 30.3. The minimum absolute atomic E-state index is 0.0833. The highest BCUT2D eigenvalue weighted by molar-refractivity contribution is 5.91. The number of nitrogens with zero attached hydrogens (tertiary/aromatic N) is 1. The summed E-state index contributed by atoms with van der Waals surface area (Å²) in [6, 6.07) is 20.9. The van der Waals surface area contributed by atoms with Crippen LogP contribution in [-0.2, 0) is 6.54 Å². The number of para-hydroxylation sites is 1. The maximum atomic E-state index is 14.3. The molecule has 3 aromatic carbocycles. The molecule has 3 aromatic rings. The van der Waals surface area contributed by atoms with Gasteiger partial charge in [-0.1, -0.05) is 76.2 Å². The smallest absolute Gasteiger partial charge is 0.322 e. The molecule has 1 fully saturated rings. The van der Waals surface area contributed by atoms with E-state index in [1.807, 2.05) is 17.0 Å². The Hall–Kier alpha value is -3.67. The first-order valence-electron chi connectivity index (χ1n) is 14.8. The number of rotatable bonds is 10. The highest BCUT2D eigenvalue weighted by Gasteiger charge is 2.32. The summed E-state index contributed by atoms with van der Waals surface area (Å²) in [5.74, 6) is 2.80. The van der Waals surface area contributed by atoms with Crippen LogP contribution in [0.1, 0.15) is 93.4 Å². The number of carbonyl (C=O) groups excluding carboxylic acids is 1. The molecule has 2 amide bonds. The van der Waals surface area contributed by atoms with Gasteiger partial charge in [-0.3, -0.25) is 0 Å². The van der Waals surface area contributed by atoms with E-state index in [4.69, 9.17) is 14.2 Å². The lowest BCUT2D eigenvalue weighted by atomic mass is 9.81. The molecule has 220 valence electrons. The molecule has 1 N–H and O–H groups in total. The van der Waals surface area contributed by atoms with Gasteiger partial charge in [0, 0.05) is 17.3 Å². The Morgan fingerprint density at radius 3 is 1.93 bits per heavy atom. The molecule has 0 bridgehead atoms. The Morgan fingerprint density at radius 1 is 0.780 bits per heavy atom. The largest absolute Gasteiger partial charge is 0.493 e. The molecule has 0 radical (unpaired) electrons. The molecule has 0 aliphatic heterocycles. The minimum atomic E-state index is -0.0833. The van der Waals surface area contributed by atoms with Gasteiger partial charge in [0.05, 0.1) is 27.9 Å². The van der Waals surface area contributed by atoms with E-state index in [2.05, 4.69) is 81.5 Å². The molecular formula is C35H46N2O4. The van der Waals surface area contributed by atoms with Gasteiger partial charge in [-0.25, -0.2) is 4.79 Å². The molecule has 0 aromatic heterocycles. The molecule has 6 heteroatoms. The zero-order valence-electron chi connectivity index (χ0n) is 25.7. The molecule has 0 heterocycles. The van der Waals surface area contributed by atoms with Crippen LogP contribution in [0.5, 0.6) is 17.2 Å². The van der Waals surface area contributed by atoms with Crippen molar-refractivity contribution in [2.24, 2.45) is 0 Å². The van der Waals surface area contributed by atoms with Crippen LogP contribution in [0.2, 0.25) is 0 Å². The van der Waals surface area contributed by atoms with Gasteiger partial charge in [-0.05, 0) is 72.3 Å². The van der Waals surface area contributed by atoms with Gasteiger partial charge < -0.3 is 24.4 Å². The summed E-state index contributed by atoms with van der Waals surface area (Å²) >= 11 is 0. The summed E-state index contributed by atoms with van der Waals surface area (Å²) in [5, 5.41) is 3.38. The van der Waals surface area contributed by atoms with Crippen molar-refractivity contribution in [2.75, 3.05) is 26.6 Å². The number of ether oxygens (including phenoxy) is 3. The van der Waals surface area contributed by atoms with Crippen LogP contribution >= 0.6 is 0 Å². The van der Waals surface area contributed by atoms with Gasteiger partial charge in [0.2, 0.25) is 5.75 Å². The van der Waals surface area contributed by atoms with Crippen LogP contribution in [0.15, 0.2) is 60.7 Å². The Labute approximate surface area is 246 Å². The van der Waals surface area contributed by atoms with Gasteiger partial charge in [-0.15, -0.1) is 0 Å². The molecule has 1 aliphatic rings. The molecule has 6 nitrogen and oxygen atoms in total. The number of hydrogen-bond donors (Lipinski definition) is 1. The maximum absolute atomic E-state index is 14.3. The van der Waals surface area contributed by atoms with E-state index in [0.29, 0.717) is 29.7 Å². The number of anilines is 1. The first-order chi connectivity index (χ1) is 19.8. The van der Waals surface area contributed by atoms with E-state index in [1.165, 1.54) is 5.56 Å². The second-order valence-electron chi connectivity index (χ2n) is 11.6. The number of hydrogen-bond acceptors (Lipinski definition) is 4. The highest BCUT2D eigenvalue weighted by Crippen LogP contribution is 2.42. The Bertz CT molecular complexity index is 1270. The molecular weight excluding hydrogens is 512 g/mol. The Kier molecular flexibility index (Phi) is 10.2. The van der Waals surface area contributed by atoms with Crippen molar-refractivity contribution in [2.45, 2.75) is 83.7 Å². The summed E-state index contributed by atoms with van der Waals surface area (Å²) in [5.41, 5.74) is 5.51. The zero-order chi connectivity index (χ0) is 29.5. The van der Waals surface area contributed by atoms with E-state index < -0.39 is 0 Å². The lowest BCUT2D eigenvalue weighted by Crippen LogP contribution is -2.44. The number of urea groups is 1. The first-order valence-corrected chi connectivity index (χ1v) is 14.8. The maximum Gasteiger partial charge on any atom is 0.322 e. The minimum Gasteiger partial charge on any atom is -0.493 e. The summed E-state index contributed by atoms with van der Waals surface area (Å²) in [6.45, 7) is 9.09. The number of methoxy groups -OCH3 is 3. The lowest BCUT2D eigenvalue weighted by molar-refractivity contribution is 0.157. The van der Waals surface area contributed by atoms with Crippen molar-refractivity contribution >= 4 is 11.7 Å². The number of nitrogens with one attached hydrogen (secondary N) is 1. The van der Waals surface area contributed by atoms with E-state index in [0.717, 1.165) is 48.1 Å². The van der Waals surface area contributed by atoms with E-state index in [-0.39, 0.29) is 23.9 Å². The van der Waals surface area contributed by atoms with Crippen LogP contribution in [-0.4, -0.2) is 38.3 Å². The van der Waals surface area contributed by atoms with Gasteiger partial charge in [0.25, 0.3) is 0 Å². The van der Waals surface area contributed by atoms with Crippen molar-refractivity contribution in [1.29, 1.82) is 0 Å². The second-order valence-corrected chi connectivity index (χ2v) is 11.6. The predicted octanol–water partition coefficient (Wildman–Crippen LogP) is 8.72. The van der Waals surface area contributed by atoms with Gasteiger partial charge in [0.15, 0.2) is 11.5 Å². The number of amides is 2. The SMILES string of the molecule is COc1ccc(CN(C(=O)Nc2c(C(C)C)cccc2C(C)C)[C@H]2CC[C@H](c3ccccc3)CC2)c(OC)c1OC. The van der Waals surface area contributed by atoms with Crippen molar-refractivity contribution in [3.63, 3.8) is 0 Å². The quantitative estimate of drug-likeness (QED) is 0.270. The molecule has 1 aliphatic carbocycles. The van der Waals surface area contributed by atoms with Crippen molar-refractivity contribution in [1.82, 2.24) is 4.90 Å². The summed E-state index contributed by atoms with van der Waals surface area (Å²) in [7, 11) is 4.85. The average molecular weight is 559 g/mol. The molecule has 0 atom stereocenters. The molecule has 41 heavy (non-hydrogen) atoms. The van der Waals surface area contributed by atoms with Gasteiger partial charge >= 0.3 is 6.03 Å². The van der Waals surface area contributed by atoms with E-state index in [1.54, 1.807) is 21.3 Å². The number of carbonyl (C=O) groups is 1. The Morgan fingerprint density at radius 2 is 1.39 bits per heavy atom. The average Bonchev–Trinajstić information content (AvgIpc) is 2.99. The van der Waals surface area contributed by atoms with E-state index in [9.17, 15) is 4.79 Å². The third kappa shape index (κ3) is 6.80. The van der Waals surface area contributed by atoms with Gasteiger partial charge in [-0.2, -0.15) is 0 Å². The number of benzene rings is 3. The summed E-state index contributed by atoms with van der Waals surface area (Å²) in [4.78, 5) is 16.3. The fraction of sp³-hybridized carbons (Fsp3) is 0.457. The topological polar surface area (TPSA) is 60.0 Å². The molecule has 4 rings (SSSR count). The highest BCUT2D eigenvalue weighted by atomic mass is 16.5. The summed E-state index contributed by atoms with van der Waals surface area (Å²) in [6.07, 6.45) is 3.96. The van der Waals surface area contributed by atoms with Crippen molar-refractivity contribution in [3.8, 4) is 17.2 Å². The van der Waals surface area contributed by atoms with Crippen molar-refractivity contribution < 1.29 is 19.0 Å². The predicted molar refractivity (Wildman–Crippen MR) is 167 cm³/mol. The second kappa shape index (κ2) is 13.8. The normalized spacial score (nSPS) is 16.9. The standard InChI is InChI=1S/C35H46N2O4/c1-23(2)29-14-11-15-30(24(3)4)32(29)36-35(38)37(22-27-18-21-31(39-5)34(41-7)33(27)40-6)28-19-16-26(17-20-28)25-12-9-8-10-13-25/h8-15,18,21,23-24,26,28H,16-17,19-20,22H2,1-7H3,(H,36,38)/t26-,28-. The monoisotopic (exact) mass is 558 g/mol. The summed E-state index contributed by atoms with van der Waals surface area (Å²) < 4.78 is 17.0. The van der Waals surface area contributed by atoms with Crippen molar-refractivity contribution in [3.05, 3.63) is 82.9 Å². The molecule has 1 saturated carbocycles. The van der Waals surface area contributed by atoms with Crippen LogP contribution in [0.4, 0.5) is 10.5 Å². The fourth-order valence-electron chi connectivity index (χ4n) is 6.16. The van der Waals surface area contributed by atoms with Crippen LogP contribution < -0.4 is 19.5 Å². The molecule has 0 unspecified atom stereocenters. The molecule has 0 spiro atoms. The Balaban J connectivity index is 1.68.